The van der Waals surface area contributed by atoms with E-state index in [9.17, 15) is 14.4 Å². The number of nitrogens with zero attached hydrogens (tertiary/aromatic N) is 1. The fraction of sp³-hybridized carbons (Fsp3) is 0.526. The van der Waals surface area contributed by atoms with Crippen molar-refractivity contribution in [1.29, 1.82) is 0 Å². The lowest BCUT2D eigenvalue weighted by Gasteiger charge is -2.27. The van der Waals surface area contributed by atoms with Gasteiger partial charge in [-0.25, -0.2) is 4.79 Å². The van der Waals surface area contributed by atoms with E-state index in [0.29, 0.717) is 43.3 Å². The second-order valence-corrected chi connectivity index (χ2v) is 7.20. The molecule has 0 spiro atoms. The van der Waals surface area contributed by atoms with Crippen LogP contribution in [0.25, 0.3) is 0 Å². The van der Waals surface area contributed by atoms with Crippen LogP contribution in [0.4, 0.5) is 0 Å². The average molecular weight is 397 g/mol. The first kappa shape index (κ1) is 21.2. The maximum absolute atomic E-state index is 12.4. The number of morpholine rings is 1. The van der Waals surface area contributed by atoms with Crippen molar-refractivity contribution >= 4 is 29.4 Å². The molecule has 1 heterocycles. The van der Waals surface area contributed by atoms with Crippen molar-refractivity contribution in [3.8, 4) is 0 Å². The van der Waals surface area contributed by atoms with Crippen molar-refractivity contribution in [1.82, 2.24) is 10.2 Å². The minimum atomic E-state index is -0.828. The summed E-state index contributed by atoms with van der Waals surface area (Å²) in [5.74, 6) is -1.12. The summed E-state index contributed by atoms with van der Waals surface area (Å²) >= 11 is 5.83. The molecule has 148 valence electrons. The van der Waals surface area contributed by atoms with Crippen LogP contribution in [0.15, 0.2) is 24.3 Å². The highest BCUT2D eigenvalue weighted by Crippen LogP contribution is 2.12. The summed E-state index contributed by atoms with van der Waals surface area (Å²) in [5, 5.41) is 3.21. The number of carbonyl (C=O) groups is 3. The first-order valence-corrected chi connectivity index (χ1v) is 9.33. The average Bonchev–Trinajstić information content (AvgIpc) is 2.66. The molecule has 0 aliphatic carbocycles. The van der Waals surface area contributed by atoms with E-state index in [1.165, 1.54) is 0 Å². The molecule has 1 aromatic carbocycles. The second kappa shape index (κ2) is 10.3. The Morgan fingerprint density at radius 3 is 2.41 bits per heavy atom. The largest absolute Gasteiger partial charge is 0.454 e. The highest BCUT2D eigenvalue weighted by molar-refractivity contribution is 6.30. The lowest BCUT2D eigenvalue weighted by Crippen LogP contribution is -2.45. The maximum atomic E-state index is 12.4. The second-order valence-electron chi connectivity index (χ2n) is 6.76. The zero-order valence-electron chi connectivity index (χ0n) is 15.6. The van der Waals surface area contributed by atoms with Crippen molar-refractivity contribution in [2.75, 3.05) is 32.9 Å². The van der Waals surface area contributed by atoms with E-state index in [1.54, 1.807) is 29.2 Å². The van der Waals surface area contributed by atoms with E-state index >= 15 is 0 Å². The van der Waals surface area contributed by atoms with Gasteiger partial charge in [-0.3, -0.25) is 9.59 Å². The molecule has 0 bridgehead atoms. The number of carbonyl (C=O) groups excluding carboxylic acids is 3. The van der Waals surface area contributed by atoms with Crippen LogP contribution < -0.4 is 5.32 Å². The third kappa shape index (κ3) is 6.84. The Balaban J connectivity index is 1.93. The van der Waals surface area contributed by atoms with Crippen molar-refractivity contribution in [3.63, 3.8) is 0 Å². The van der Waals surface area contributed by atoms with Gasteiger partial charge in [0.15, 0.2) is 6.61 Å². The smallest absolute Gasteiger partial charge is 0.329 e. The molecule has 7 nitrogen and oxygen atoms in total. The Labute approximate surface area is 163 Å². The molecule has 0 saturated carbocycles. The molecule has 1 aromatic rings. The number of benzene rings is 1. The molecular weight excluding hydrogens is 372 g/mol. The summed E-state index contributed by atoms with van der Waals surface area (Å²) in [6.07, 6.45) is 0.407. The topological polar surface area (TPSA) is 84.9 Å². The number of amides is 2. The number of hydrogen-bond donors (Lipinski definition) is 1. The van der Waals surface area contributed by atoms with Crippen molar-refractivity contribution in [2.45, 2.75) is 26.3 Å². The van der Waals surface area contributed by atoms with Gasteiger partial charge in [-0.2, -0.15) is 0 Å². The number of hydrogen-bond acceptors (Lipinski definition) is 5. The van der Waals surface area contributed by atoms with E-state index < -0.39 is 17.9 Å². The van der Waals surface area contributed by atoms with E-state index in [-0.39, 0.29) is 18.4 Å². The highest BCUT2D eigenvalue weighted by Gasteiger charge is 2.26. The van der Waals surface area contributed by atoms with Crippen molar-refractivity contribution in [2.24, 2.45) is 5.92 Å². The molecule has 0 unspecified atom stereocenters. The molecule has 1 saturated heterocycles. The fourth-order valence-corrected chi connectivity index (χ4v) is 2.79. The molecule has 1 aliphatic heterocycles. The number of esters is 1. The Morgan fingerprint density at radius 1 is 1.19 bits per heavy atom. The zero-order valence-corrected chi connectivity index (χ0v) is 16.3. The molecule has 1 fully saturated rings. The maximum Gasteiger partial charge on any atom is 0.329 e. The molecule has 2 amide bonds. The first-order chi connectivity index (χ1) is 12.9. The van der Waals surface area contributed by atoms with E-state index in [0.717, 1.165) is 0 Å². The zero-order chi connectivity index (χ0) is 19.8. The van der Waals surface area contributed by atoms with Gasteiger partial charge in [0.1, 0.15) is 6.04 Å². The normalized spacial score (nSPS) is 15.3. The highest BCUT2D eigenvalue weighted by atomic mass is 35.5. The van der Waals surface area contributed by atoms with Crippen LogP contribution >= 0.6 is 11.6 Å². The van der Waals surface area contributed by atoms with Gasteiger partial charge in [-0.1, -0.05) is 25.4 Å². The third-order valence-electron chi connectivity index (χ3n) is 4.11. The van der Waals surface area contributed by atoms with Gasteiger partial charge in [0.25, 0.3) is 11.8 Å². The van der Waals surface area contributed by atoms with Crippen LogP contribution in [0.2, 0.25) is 5.02 Å². The van der Waals surface area contributed by atoms with E-state index in [4.69, 9.17) is 21.1 Å². The summed E-state index contributed by atoms with van der Waals surface area (Å²) in [5.41, 5.74) is 0.394. The molecule has 1 aliphatic rings. The Bertz CT molecular complexity index is 657. The fourth-order valence-electron chi connectivity index (χ4n) is 2.67. The summed E-state index contributed by atoms with van der Waals surface area (Å²) in [6.45, 7) is 5.46. The number of ether oxygens (including phenoxy) is 2. The quantitative estimate of drug-likeness (QED) is 0.711. The van der Waals surface area contributed by atoms with E-state index in [1.807, 2.05) is 13.8 Å². The number of rotatable bonds is 7. The van der Waals surface area contributed by atoms with Crippen LogP contribution in [0.3, 0.4) is 0 Å². The van der Waals surface area contributed by atoms with Gasteiger partial charge in [-0.05, 0) is 36.6 Å². The monoisotopic (exact) mass is 396 g/mol. The molecule has 8 heteroatoms. The lowest BCUT2D eigenvalue weighted by atomic mass is 10.0. The van der Waals surface area contributed by atoms with Gasteiger partial charge in [0.05, 0.1) is 13.2 Å². The standard InChI is InChI=1S/C19H25ClN2O5/c1-13(2)11-16(21-18(24)14-3-5-15(20)6-4-14)19(25)27-12-17(23)22-7-9-26-10-8-22/h3-6,13,16H,7-12H2,1-2H3,(H,21,24)/t16-/m0/s1. The molecule has 2 rings (SSSR count). The summed E-state index contributed by atoms with van der Waals surface area (Å²) in [6, 6.07) is 5.54. The SMILES string of the molecule is CC(C)C[C@H](NC(=O)c1ccc(Cl)cc1)C(=O)OCC(=O)N1CCOCC1. The van der Waals surface area contributed by atoms with Gasteiger partial charge >= 0.3 is 5.97 Å². The lowest BCUT2D eigenvalue weighted by molar-refractivity contribution is -0.155. The molecule has 1 N–H and O–H groups in total. The Kier molecular flexibility index (Phi) is 8.06. The predicted molar refractivity (Wildman–Crippen MR) is 101 cm³/mol. The predicted octanol–water partition coefficient (Wildman–Crippen LogP) is 1.89. The molecule has 0 radical (unpaired) electrons. The van der Waals surface area contributed by atoms with Crippen LogP contribution in [-0.2, 0) is 19.1 Å². The van der Waals surface area contributed by atoms with Crippen LogP contribution in [0.1, 0.15) is 30.6 Å². The van der Waals surface area contributed by atoms with Gasteiger partial charge in [0.2, 0.25) is 0 Å². The number of nitrogens with one attached hydrogen (secondary N) is 1. The third-order valence-corrected chi connectivity index (χ3v) is 4.36. The van der Waals surface area contributed by atoms with Crippen molar-refractivity contribution in [3.05, 3.63) is 34.9 Å². The van der Waals surface area contributed by atoms with Gasteiger partial charge in [-0.15, -0.1) is 0 Å². The summed E-state index contributed by atoms with van der Waals surface area (Å²) in [4.78, 5) is 38.5. The Morgan fingerprint density at radius 2 is 1.81 bits per heavy atom. The van der Waals surface area contributed by atoms with Crippen molar-refractivity contribution < 1.29 is 23.9 Å². The molecule has 1 atom stereocenters. The summed E-state index contributed by atoms with van der Waals surface area (Å²) < 4.78 is 10.4. The van der Waals surface area contributed by atoms with Crippen LogP contribution in [0.5, 0.6) is 0 Å². The molecular formula is C19H25ClN2O5. The molecule has 0 aromatic heterocycles. The van der Waals surface area contributed by atoms with Crippen LogP contribution in [-0.4, -0.2) is 61.6 Å². The number of halogens is 1. The first-order valence-electron chi connectivity index (χ1n) is 8.95. The van der Waals surface area contributed by atoms with Crippen LogP contribution in [0, 0.1) is 5.92 Å². The van der Waals surface area contributed by atoms with E-state index in [2.05, 4.69) is 5.32 Å². The minimum Gasteiger partial charge on any atom is -0.454 e. The van der Waals surface area contributed by atoms with Gasteiger partial charge < -0.3 is 19.7 Å². The molecule has 27 heavy (non-hydrogen) atoms. The Hall–Kier alpha value is -2.12. The summed E-state index contributed by atoms with van der Waals surface area (Å²) in [7, 11) is 0. The minimum absolute atomic E-state index is 0.156. The van der Waals surface area contributed by atoms with Gasteiger partial charge in [0, 0.05) is 23.7 Å².